The van der Waals surface area contributed by atoms with E-state index in [0.717, 1.165) is 29.3 Å². The highest BCUT2D eigenvalue weighted by atomic mass is 32.2. The highest BCUT2D eigenvalue weighted by molar-refractivity contribution is 8.00. The van der Waals surface area contributed by atoms with E-state index in [1.165, 1.54) is 17.1 Å². The first-order chi connectivity index (χ1) is 18.3. The number of carbonyl (C=O) groups is 4. The highest BCUT2D eigenvalue weighted by Crippen LogP contribution is 2.41. The molecule has 0 spiro atoms. The van der Waals surface area contributed by atoms with Crippen LogP contribution in [0.3, 0.4) is 0 Å². The fraction of sp³-hybridized carbons (Fsp3) is 0.455. The lowest BCUT2D eigenvalue weighted by Gasteiger charge is -2.49. The normalized spacial score (nSPS) is 24.9. The van der Waals surface area contributed by atoms with E-state index in [-0.39, 0.29) is 28.2 Å². The van der Waals surface area contributed by atoms with Gasteiger partial charge in [0.2, 0.25) is 5.91 Å². The molecule has 0 radical (unpaired) electrons. The zero-order chi connectivity index (χ0) is 27.0. The van der Waals surface area contributed by atoms with Crippen molar-refractivity contribution < 1.29 is 29.5 Å². The molecule has 1 aromatic heterocycles. The van der Waals surface area contributed by atoms with Crippen LogP contribution in [-0.2, 0) is 19.2 Å². The molecule has 3 fully saturated rings. The number of nitrogens with zero attached hydrogens (tertiary/aromatic N) is 4. The fourth-order valence-electron chi connectivity index (χ4n) is 4.63. The molecule has 14 nitrogen and oxygen atoms in total. The topological polar surface area (TPSA) is 203 Å². The molecule has 202 valence electrons. The van der Waals surface area contributed by atoms with Crippen LogP contribution in [0.4, 0.5) is 5.13 Å². The van der Waals surface area contributed by atoms with Gasteiger partial charge in [0.25, 0.3) is 11.8 Å². The van der Waals surface area contributed by atoms with Crippen molar-refractivity contribution in [2.45, 2.75) is 23.9 Å². The number of hydrogen-bond donors (Lipinski definition) is 6. The van der Waals surface area contributed by atoms with E-state index >= 15 is 0 Å². The van der Waals surface area contributed by atoms with Gasteiger partial charge < -0.3 is 36.9 Å². The first-order valence-electron chi connectivity index (χ1n) is 11.9. The largest absolute Gasteiger partial charge is 0.477 e. The lowest BCUT2D eigenvalue weighted by atomic mass is 10.0. The van der Waals surface area contributed by atoms with Gasteiger partial charge in [-0.05, 0) is 18.1 Å². The van der Waals surface area contributed by atoms with Crippen molar-refractivity contribution in [3.8, 4) is 0 Å². The third kappa shape index (κ3) is 4.87. The number of carboxylic acids is 1. The van der Waals surface area contributed by atoms with Crippen LogP contribution in [0.25, 0.3) is 0 Å². The number of allylic oxidation sites excluding steroid dienone is 1. The van der Waals surface area contributed by atoms with Crippen LogP contribution in [0, 0.1) is 0 Å². The summed E-state index contributed by atoms with van der Waals surface area (Å²) in [5, 5.41) is 32.2. The number of oxime groups is 1. The predicted molar refractivity (Wildman–Crippen MR) is 138 cm³/mol. The Balaban J connectivity index is 1.26. The summed E-state index contributed by atoms with van der Waals surface area (Å²) in [6.45, 7) is 3.63. The van der Waals surface area contributed by atoms with Gasteiger partial charge in [-0.15, -0.1) is 23.1 Å². The van der Waals surface area contributed by atoms with Crippen LogP contribution in [0.2, 0.25) is 0 Å². The Bertz CT molecular complexity index is 1270. The van der Waals surface area contributed by atoms with Gasteiger partial charge in [0.15, 0.2) is 10.8 Å². The third-order valence-corrected chi connectivity index (χ3v) is 8.70. The molecule has 5 rings (SSSR count). The van der Waals surface area contributed by atoms with E-state index in [1.54, 1.807) is 11.0 Å². The van der Waals surface area contributed by atoms with E-state index < -0.39 is 34.9 Å². The second-order valence-electron chi connectivity index (χ2n) is 9.08. The maximum atomic E-state index is 13.0. The number of nitrogens with two attached hydrogens (primary N) is 1. The zero-order valence-corrected chi connectivity index (χ0v) is 21.7. The molecule has 7 N–H and O–H groups in total. The van der Waals surface area contributed by atoms with Crippen molar-refractivity contribution in [2.75, 3.05) is 44.2 Å². The number of aliphatic carboxylic acids is 1. The minimum atomic E-state index is -1.29. The molecule has 5 heterocycles. The van der Waals surface area contributed by atoms with E-state index in [4.69, 9.17) is 5.73 Å². The molecule has 0 aliphatic carbocycles. The Kier molecular flexibility index (Phi) is 7.38. The van der Waals surface area contributed by atoms with Crippen LogP contribution in [-0.4, -0.2) is 110 Å². The second kappa shape index (κ2) is 10.7. The molecular formula is C22H26N8O6S2. The minimum Gasteiger partial charge on any atom is -0.477 e. The summed E-state index contributed by atoms with van der Waals surface area (Å²) in [4.78, 5) is 57.5. The monoisotopic (exact) mass is 562 g/mol. The van der Waals surface area contributed by atoms with Gasteiger partial charge in [-0.25, -0.2) is 9.78 Å². The molecule has 0 aromatic carbocycles. The van der Waals surface area contributed by atoms with Crippen molar-refractivity contribution in [1.82, 2.24) is 30.7 Å². The zero-order valence-electron chi connectivity index (χ0n) is 20.0. The number of thiazole rings is 1. The second-order valence-corrected chi connectivity index (χ2v) is 11.1. The Morgan fingerprint density at radius 2 is 2.13 bits per heavy atom. The molecule has 0 bridgehead atoms. The lowest BCUT2D eigenvalue weighted by Crippen LogP contribution is -2.71. The number of thioether (sulfide) groups is 1. The number of aromatic nitrogens is 1. The maximum Gasteiger partial charge on any atom is 0.352 e. The highest BCUT2D eigenvalue weighted by Gasteiger charge is 2.54. The standard InChI is InChI=1S/C22H26N8O6S2/c23-22-26-13(9-38-22)14(28-36)17(31)27-15-19(33)30-16(21(34)35)11(8-37-20(15)30)5-10-1-3-29(18(10)32)4-2-25-12-6-24-7-12/h5,9,12,15,20,24-25,36H,1-4,6-8H2,(H2,23,26)(H,27,31)(H,34,35)/b10-5?,28-14-. The summed E-state index contributed by atoms with van der Waals surface area (Å²) in [6.07, 6.45) is 2.08. The Morgan fingerprint density at radius 3 is 2.76 bits per heavy atom. The van der Waals surface area contributed by atoms with Crippen molar-refractivity contribution >= 4 is 57.6 Å². The van der Waals surface area contributed by atoms with Crippen LogP contribution in [0.15, 0.2) is 33.5 Å². The average molecular weight is 563 g/mol. The van der Waals surface area contributed by atoms with Crippen LogP contribution < -0.4 is 21.7 Å². The van der Waals surface area contributed by atoms with Gasteiger partial charge in [-0.2, -0.15) is 0 Å². The van der Waals surface area contributed by atoms with Gasteiger partial charge in [0.05, 0.1) is 0 Å². The summed E-state index contributed by atoms with van der Waals surface area (Å²) >= 11 is 2.33. The number of nitrogens with one attached hydrogen (secondary N) is 3. The number of rotatable bonds is 9. The van der Waals surface area contributed by atoms with E-state index in [2.05, 4.69) is 26.1 Å². The molecule has 38 heavy (non-hydrogen) atoms. The summed E-state index contributed by atoms with van der Waals surface area (Å²) in [5.41, 5.74) is 5.89. The molecule has 3 saturated heterocycles. The lowest BCUT2D eigenvalue weighted by molar-refractivity contribution is -0.150. The molecule has 1 aromatic rings. The number of hydrogen-bond acceptors (Lipinski definition) is 12. The van der Waals surface area contributed by atoms with Crippen molar-refractivity contribution in [2.24, 2.45) is 5.16 Å². The molecule has 16 heteroatoms. The quantitative estimate of drug-likeness (QED) is 0.0662. The Hall–Kier alpha value is -3.47. The van der Waals surface area contributed by atoms with Crippen molar-refractivity contribution in [3.63, 3.8) is 0 Å². The minimum absolute atomic E-state index is 0.0542. The summed E-state index contributed by atoms with van der Waals surface area (Å²) < 4.78 is 0. The number of carboxylic acid groups (broad SMARTS) is 1. The van der Waals surface area contributed by atoms with Gasteiger partial charge in [0, 0.05) is 55.5 Å². The number of carbonyl (C=O) groups excluding carboxylic acids is 3. The van der Waals surface area contributed by atoms with Gasteiger partial charge in [-0.3, -0.25) is 19.3 Å². The molecular weight excluding hydrogens is 536 g/mol. The maximum absolute atomic E-state index is 13.0. The Labute approximate surface area is 225 Å². The first kappa shape index (κ1) is 26.1. The number of amides is 3. The van der Waals surface area contributed by atoms with Gasteiger partial charge in [0.1, 0.15) is 22.8 Å². The van der Waals surface area contributed by atoms with Crippen LogP contribution >= 0.6 is 23.1 Å². The molecule has 3 amide bonds. The number of nitrogen functional groups attached to an aromatic ring is 1. The predicted octanol–water partition coefficient (Wildman–Crippen LogP) is -1.64. The third-order valence-electron chi connectivity index (χ3n) is 6.72. The number of anilines is 1. The smallest absolute Gasteiger partial charge is 0.352 e. The molecule has 2 unspecified atom stereocenters. The molecule has 4 aliphatic rings. The molecule has 4 aliphatic heterocycles. The van der Waals surface area contributed by atoms with Gasteiger partial charge >= 0.3 is 5.97 Å². The van der Waals surface area contributed by atoms with Crippen molar-refractivity contribution in [1.29, 1.82) is 0 Å². The van der Waals surface area contributed by atoms with Crippen LogP contribution in [0.1, 0.15) is 12.1 Å². The van der Waals surface area contributed by atoms with Crippen molar-refractivity contribution in [3.05, 3.63) is 34.0 Å². The summed E-state index contributed by atoms with van der Waals surface area (Å²) in [6, 6.07) is -0.597. The summed E-state index contributed by atoms with van der Waals surface area (Å²) in [5.74, 6) is -2.66. The van der Waals surface area contributed by atoms with Gasteiger partial charge in [-0.1, -0.05) is 5.16 Å². The average Bonchev–Trinajstić information content (AvgIpc) is 3.44. The SMILES string of the molecule is Nc1nc(/C(=N/O)C(=O)NC2C(=O)N3C(C(=O)O)=C(C=C4CCN(CCNC5CNC5)C4=O)CSC23)cs1. The molecule has 0 saturated carbocycles. The number of fused-ring (bicyclic) bond motifs is 1. The van der Waals surface area contributed by atoms with E-state index in [1.807, 2.05) is 0 Å². The number of likely N-dealkylation sites (tertiary alicyclic amines) is 1. The summed E-state index contributed by atoms with van der Waals surface area (Å²) in [7, 11) is 0. The van der Waals surface area contributed by atoms with Crippen LogP contribution in [0.5, 0.6) is 0 Å². The van der Waals surface area contributed by atoms with E-state index in [9.17, 15) is 29.5 Å². The molecule has 2 atom stereocenters. The van der Waals surface area contributed by atoms with E-state index in [0.29, 0.717) is 43.2 Å². The Morgan fingerprint density at radius 1 is 1.34 bits per heavy atom. The number of β-lactam (4-membered cyclic amide) rings is 1. The first-order valence-corrected chi connectivity index (χ1v) is 13.8. The fourth-order valence-corrected chi connectivity index (χ4v) is 6.49.